The molecule has 8 rings (SSSR count). The van der Waals surface area contributed by atoms with Crippen molar-refractivity contribution in [2.24, 2.45) is 0 Å². The van der Waals surface area contributed by atoms with Crippen molar-refractivity contribution in [3.63, 3.8) is 0 Å². The Bertz CT molecular complexity index is 2050. The van der Waals surface area contributed by atoms with Crippen LogP contribution in [0, 0.1) is 19.1 Å². The third-order valence-corrected chi connectivity index (χ3v) is 7.83. The summed E-state index contributed by atoms with van der Waals surface area (Å²) in [5.41, 5.74) is 12.1. The summed E-state index contributed by atoms with van der Waals surface area (Å²) in [5, 5.41) is 0. The van der Waals surface area contributed by atoms with Crippen LogP contribution < -0.4 is 4.57 Å². The number of rotatable bonds is 3. The fraction of sp³-hybridized carbons (Fsp3) is 0.143. The molecule has 7 aromatic rings. The first-order chi connectivity index (χ1) is 23.3. The Balaban J connectivity index is 0.000000167. The first-order valence-electron chi connectivity index (χ1n) is 15.9. The van der Waals surface area contributed by atoms with Gasteiger partial charge in [0.1, 0.15) is 24.9 Å². The molecule has 50 heavy (non-hydrogen) atoms. The molecule has 254 valence electrons. The third kappa shape index (κ3) is 9.77. The van der Waals surface area contributed by atoms with Crippen molar-refractivity contribution < 1.29 is 44.8 Å². The number of benzene rings is 4. The minimum atomic E-state index is 0. The van der Waals surface area contributed by atoms with Gasteiger partial charge in [0.25, 0.3) is 6.33 Å². The first-order valence-corrected chi connectivity index (χ1v) is 15.9. The Kier molecular flexibility index (Phi) is 13.7. The molecule has 0 bridgehead atoms. The molecule has 0 saturated carbocycles. The van der Waals surface area contributed by atoms with E-state index in [9.17, 15) is 0 Å². The van der Waals surface area contributed by atoms with E-state index in [0.717, 1.165) is 51.7 Å². The largest absolute Gasteiger partial charge is 0.287 e. The number of fused-ring (bicyclic) bond motifs is 3. The van der Waals surface area contributed by atoms with E-state index in [4.69, 9.17) is 0 Å². The van der Waals surface area contributed by atoms with Gasteiger partial charge < -0.3 is 0 Å². The maximum atomic E-state index is 4.57. The monoisotopic (exact) mass is 1010 g/mol. The van der Waals surface area contributed by atoms with Crippen LogP contribution in [0.3, 0.4) is 0 Å². The maximum Gasteiger partial charge on any atom is 0.287 e. The van der Waals surface area contributed by atoms with Gasteiger partial charge in [0.05, 0.1) is 5.69 Å². The van der Waals surface area contributed by atoms with Crippen LogP contribution in [0.2, 0.25) is 0 Å². The molecule has 1 aliphatic heterocycles. The summed E-state index contributed by atoms with van der Waals surface area (Å²) in [6, 6.07) is 46.7. The second-order valence-corrected chi connectivity index (χ2v) is 12.4. The molecule has 3 aromatic heterocycles. The minimum Gasteiger partial charge on any atom is -0.286 e. The molecule has 0 N–H and O–H groups in total. The molecule has 2 radical (unpaired) electrons. The van der Waals surface area contributed by atoms with Crippen LogP contribution in [0.5, 0.6) is 0 Å². The second kappa shape index (κ2) is 17.9. The molecule has 0 amide bonds. The number of aryl methyl sites for hydroxylation is 1. The van der Waals surface area contributed by atoms with Crippen molar-refractivity contribution in [1.82, 2.24) is 24.9 Å². The Morgan fingerprint density at radius 3 is 1.80 bits per heavy atom. The predicted octanol–water partition coefficient (Wildman–Crippen LogP) is 8.55. The first kappa shape index (κ1) is 38.2. The molecule has 6 nitrogen and oxygen atoms in total. The topological polar surface area (TPSA) is 68.3 Å². The average Bonchev–Trinajstić information content (AvgIpc) is 3.51. The van der Waals surface area contributed by atoms with Gasteiger partial charge >= 0.3 is 0 Å². The fourth-order valence-electron chi connectivity index (χ4n) is 5.28. The van der Waals surface area contributed by atoms with Crippen LogP contribution in [0.1, 0.15) is 37.7 Å². The van der Waals surface area contributed by atoms with E-state index in [1.807, 2.05) is 104 Å². The van der Waals surface area contributed by atoms with E-state index in [1.165, 1.54) is 16.8 Å². The second-order valence-electron chi connectivity index (χ2n) is 12.4. The van der Waals surface area contributed by atoms with Gasteiger partial charge in [0.15, 0.2) is 5.69 Å². The molecule has 0 saturated heterocycles. The van der Waals surface area contributed by atoms with Crippen molar-refractivity contribution in [3.05, 3.63) is 169 Å². The molecule has 0 spiro atoms. The third-order valence-electron chi connectivity index (χ3n) is 7.83. The van der Waals surface area contributed by atoms with Crippen LogP contribution >= 0.6 is 0 Å². The average molecular weight is 1010 g/mol. The Labute approximate surface area is 321 Å². The smallest absolute Gasteiger partial charge is 0.286 e. The van der Waals surface area contributed by atoms with Crippen molar-refractivity contribution >= 4 is 0 Å². The van der Waals surface area contributed by atoms with Gasteiger partial charge in [-0.1, -0.05) is 92.5 Å². The molecule has 0 atom stereocenters. The van der Waals surface area contributed by atoms with E-state index in [-0.39, 0.29) is 45.6 Å². The van der Waals surface area contributed by atoms with Gasteiger partial charge in [0.2, 0.25) is 0 Å². The molecular weight excluding hydrogens is 973 g/mol. The van der Waals surface area contributed by atoms with Gasteiger partial charge in [-0.05, 0) is 23.9 Å². The van der Waals surface area contributed by atoms with E-state index >= 15 is 0 Å². The summed E-state index contributed by atoms with van der Waals surface area (Å²) in [5.74, 6) is 0. The van der Waals surface area contributed by atoms with E-state index in [2.05, 4.69) is 92.7 Å². The van der Waals surface area contributed by atoms with E-state index in [1.54, 1.807) is 12.7 Å². The Morgan fingerprint density at radius 2 is 1.18 bits per heavy atom. The maximum absolute atomic E-state index is 4.57. The van der Waals surface area contributed by atoms with Gasteiger partial charge in [-0.25, -0.2) is 14.5 Å². The van der Waals surface area contributed by atoms with E-state index in [0.29, 0.717) is 0 Å². The van der Waals surface area contributed by atoms with Crippen LogP contribution in [0.15, 0.2) is 140 Å². The molecule has 0 aliphatic carbocycles. The van der Waals surface area contributed by atoms with Crippen LogP contribution in [0.25, 0.3) is 45.0 Å². The van der Waals surface area contributed by atoms with Crippen molar-refractivity contribution in [1.29, 1.82) is 0 Å². The van der Waals surface area contributed by atoms with Gasteiger partial charge in [-0.3, -0.25) is 9.97 Å². The van der Waals surface area contributed by atoms with Crippen LogP contribution in [0.4, 0.5) is 0 Å². The standard InChI is InChI=1S/C16H11N2.C15H17N2.C11H9N2.2Ir/c1-3-7-13(8-4-1)15-11-16(18-12-17-15)14-9-5-2-6-10-14;1-15(2,3)14-8-13-12-7-5-4-6-11(12)9-17(13)10-16-14;1-9-7-11(13-8-12-9)10-5-3-2-4-6-10;;/h1-9,11-12H;4-8,10H,9H2,1-3H3;2-5,7-8H,1H3;;/q-1;+1;-1;;. The molecule has 0 fully saturated rings. The van der Waals surface area contributed by atoms with E-state index < -0.39 is 0 Å². The van der Waals surface area contributed by atoms with Crippen molar-refractivity contribution in [2.45, 2.75) is 39.7 Å². The van der Waals surface area contributed by atoms with Crippen molar-refractivity contribution in [2.75, 3.05) is 0 Å². The Hall–Kier alpha value is -4.58. The quantitative estimate of drug-likeness (QED) is 0.131. The molecule has 1 aliphatic rings. The number of hydrogen-bond acceptors (Lipinski definition) is 5. The zero-order valence-corrected chi connectivity index (χ0v) is 33.1. The van der Waals surface area contributed by atoms with Crippen molar-refractivity contribution in [3.8, 4) is 45.0 Å². The molecule has 4 heterocycles. The molecule has 0 unspecified atom stereocenters. The van der Waals surface area contributed by atoms with Gasteiger partial charge in [-0.15, -0.1) is 71.8 Å². The summed E-state index contributed by atoms with van der Waals surface area (Å²) in [6.45, 7) is 9.50. The SMILES string of the molecule is CC(C)(C)c1cc2[n+](cn1)Cc1ccccc1-2.Cc1cc(-c2[c-]cccc2)ncn1.[Ir].[Ir].[c-]1ccccc1-c1cc(-c2ccccc2)ncn1. The number of nitrogens with zero attached hydrogens (tertiary/aromatic N) is 6. The molecular formula is C42H37Ir2N6-. The number of hydrogen-bond donors (Lipinski definition) is 0. The van der Waals surface area contributed by atoms with Crippen LogP contribution in [-0.4, -0.2) is 24.9 Å². The minimum absolute atomic E-state index is 0. The zero-order valence-electron chi connectivity index (χ0n) is 28.3. The normalized spacial score (nSPS) is 10.8. The zero-order chi connectivity index (χ0) is 33.3. The Morgan fingerprint density at radius 1 is 0.600 bits per heavy atom. The summed E-state index contributed by atoms with van der Waals surface area (Å²) in [4.78, 5) is 21.4. The van der Waals surface area contributed by atoms with Gasteiger partial charge in [0, 0.05) is 68.5 Å². The summed E-state index contributed by atoms with van der Waals surface area (Å²) in [7, 11) is 0. The van der Waals surface area contributed by atoms with Crippen LogP contribution in [-0.2, 0) is 52.2 Å². The fourth-order valence-corrected chi connectivity index (χ4v) is 5.28. The molecule has 4 aromatic carbocycles. The predicted molar refractivity (Wildman–Crippen MR) is 190 cm³/mol. The number of aromatic nitrogens is 6. The molecule has 8 heteroatoms. The summed E-state index contributed by atoms with van der Waals surface area (Å²) in [6.07, 6.45) is 5.14. The summed E-state index contributed by atoms with van der Waals surface area (Å²) < 4.78 is 2.22. The van der Waals surface area contributed by atoms with Gasteiger partial charge in [-0.2, -0.15) is 0 Å². The summed E-state index contributed by atoms with van der Waals surface area (Å²) >= 11 is 0.